The Morgan fingerprint density at radius 2 is 2.00 bits per heavy atom. The lowest BCUT2D eigenvalue weighted by atomic mass is 10.0. The molecule has 1 saturated heterocycles. The third-order valence-corrected chi connectivity index (χ3v) is 7.47. The van der Waals surface area contributed by atoms with Crippen molar-refractivity contribution in [1.29, 1.82) is 0 Å². The number of benzene rings is 1. The first-order valence-corrected chi connectivity index (χ1v) is 12.2. The van der Waals surface area contributed by atoms with Gasteiger partial charge in [0, 0.05) is 41.7 Å². The fourth-order valence-electron chi connectivity index (χ4n) is 4.93. The Labute approximate surface area is 199 Å². The molecule has 0 radical (unpaired) electrons. The standard InChI is InChI=1S/C25H30ClN5O2/c1-15-10-17(5-8-22(15)26)21-12-23(21)28-25(33)31(19-6-7-19)20-4-3-9-30(14-20)24-11-18(16(2)32)13-27-29-24/h5,8,10-11,13,19-21,23H,3-4,6-7,9,12,14H2,1-2H3,(H,28,33)/t20-,21?,23?/m1/s1. The highest BCUT2D eigenvalue weighted by Gasteiger charge is 2.44. The number of nitrogens with zero attached hydrogens (tertiary/aromatic N) is 4. The van der Waals surface area contributed by atoms with Crippen molar-refractivity contribution >= 4 is 29.2 Å². The summed E-state index contributed by atoms with van der Waals surface area (Å²) in [6.45, 7) is 5.12. The van der Waals surface area contributed by atoms with Crippen LogP contribution in [0.2, 0.25) is 5.02 Å². The van der Waals surface area contributed by atoms with Crippen molar-refractivity contribution in [2.24, 2.45) is 0 Å². The second-order valence-corrected chi connectivity index (χ2v) is 10.1. The normalized spacial score (nSPS) is 24.3. The van der Waals surface area contributed by atoms with Gasteiger partial charge in [-0.15, -0.1) is 5.10 Å². The lowest BCUT2D eigenvalue weighted by molar-refractivity contribution is 0.101. The minimum atomic E-state index is -0.0198. The number of piperidine rings is 1. The van der Waals surface area contributed by atoms with Gasteiger partial charge in [-0.2, -0.15) is 5.10 Å². The zero-order chi connectivity index (χ0) is 23.1. The lowest BCUT2D eigenvalue weighted by Gasteiger charge is -2.40. The van der Waals surface area contributed by atoms with Crippen LogP contribution in [0.1, 0.15) is 66.4 Å². The van der Waals surface area contributed by atoms with E-state index < -0.39 is 0 Å². The van der Waals surface area contributed by atoms with E-state index in [9.17, 15) is 9.59 Å². The van der Waals surface area contributed by atoms with Crippen molar-refractivity contribution in [3.8, 4) is 0 Å². The average molecular weight is 468 g/mol. The van der Waals surface area contributed by atoms with Gasteiger partial charge in [0.1, 0.15) is 0 Å². The molecule has 8 heteroatoms. The highest BCUT2D eigenvalue weighted by molar-refractivity contribution is 6.31. The molecular weight excluding hydrogens is 438 g/mol. The summed E-state index contributed by atoms with van der Waals surface area (Å²) >= 11 is 6.17. The van der Waals surface area contributed by atoms with Gasteiger partial charge < -0.3 is 15.1 Å². The number of aromatic nitrogens is 2. The van der Waals surface area contributed by atoms with Crippen molar-refractivity contribution in [1.82, 2.24) is 20.4 Å². The number of halogens is 1. The summed E-state index contributed by atoms with van der Waals surface area (Å²) in [5.74, 6) is 1.05. The molecule has 1 aromatic carbocycles. The average Bonchev–Trinajstić information content (AvgIpc) is 3.73. The molecule has 2 unspecified atom stereocenters. The molecule has 0 spiro atoms. The predicted molar refractivity (Wildman–Crippen MR) is 128 cm³/mol. The zero-order valence-corrected chi connectivity index (χ0v) is 19.9. The van der Waals surface area contributed by atoms with Gasteiger partial charge in [0.15, 0.2) is 11.6 Å². The summed E-state index contributed by atoms with van der Waals surface area (Å²) in [7, 11) is 0. The Morgan fingerprint density at radius 1 is 1.18 bits per heavy atom. The number of nitrogens with one attached hydrogen (secondary N) is 1. The van der Waals surface area contributed by atoms with Gasteiger partial charge in [-0.25, -0.2) is 4.79 Å². The number of hydrogen-bond donors (Lipinski definition) is 1. The molecule has 1 aromatic heterocycles. The van der Waals surface area contributed by atoms with Crippen LogP contribution in [0, 0.1) is 6.92 Å². The second-order valence-electron chi connectivity index (χ2n) is 9.65. The Balaban J connectivity index is 1.25. The van der Waals surface area contributed by atoms with Crippen molar-refractivity contribution < 1.29 is 9.59 Å². The maximum Gasteiger partial charge on any atom is 0.318 e. The second kappa shape index (κ2) is 8.93. The van der Waals surface area contributed by atoms with E-state index in [2.05, 4.69) is 37.4 Å². The Hall–Kier alpha value is -2.67. The number of ketones is 1. The van der Waals surface area contributed by atoms with Crippen LogP contribution in [0.4, 0.5) is 10.6 Å². The molecule has 2 saturated carbocycles. The number of anilines is 1. The van der Waals surface area contributed by atoms with Gasteiger partial charge in [0.2, 0.25) is 0 Å². The van der Waals surface area contributed by atoms with Crippen LogP contribution in [0.5, 0.6) is 0 Å². The van der Waals surface area contributed by atoms with Crippen molar-refractivity contribution in [3.63, 3.8) is 0 Å². The predicted octanol–water partition coefficient (Wildman–Crippen LogP) is 4.34. The van der Waals surface area contributed by atoms with Crippen LogP contribution in [0.3, 0.4) is 0 Å². The quantitative estimate of drug-likeness (QED) is 0.639. The van der Waals surface area contributed by atoms with Gasteiger partial charge in [-0.3, -0.25) is 4.79 Å². The minimum Gasteiger partial charge on any atom is -0.353 e. The summed E-state index contributed by atoms with van der Waals surface area (Å²) in [6, 6.07) is 8.63. The number of hydrogen-bond acceptors (Lipinski definition) is 5. The number of aryl methyl sites for hydroxylation is 1. The van der Waals surface area contributed by atoms with E-state index in [1.807, 2.05) is 19.1 Å². The SMILES string of the molecule is CC(=O)c1cnnc(N2CCC[C@@H](N(C(=O)NC3CC3c3ccc(Cl)c(C)c3)C3CC3)C2)c1. The van der Waals surface area contributed by atoms with E-state index in [0.717, 1.165) is 49.2 Å². The molecule has 3 atom stereocenters. The number of urea groups is 1. The third-order valence-electron chi connectivity index (χ3n) is 7.05. The van der Waals surface area contributed by atoms with E-state index in [-0.39, 0.29) is 23.9 Å². The van der Waals surface area contributed by atoms with Crippen LogP contribution in [0.15, 0.2) is 30.5 Å². The fourth-order valence-corrected chi connectivity index (χ4v) is 5.05. The molecule has 2 aromatic rings. The summed E-state index contributed by atoms with van der Waals surface area (Å²) < 4.78 is 0. The fraction of sp³-hybridized carbons (Fsp3) is 0.520. The van der Waals surface area contributed by atoms with Gasteiger partial charge in [0.25, 0.3) is 0 Å². The number of carbonyl (C=O) groups excluding carboxylic acids is 2. The van der Waals surface area contributed by atoms with E-state index in [4.69, 9.17) is 11.6 Å². The molecular formula is C25H30ClN5O2. The molecule has 2 amide bonds. The van der Waals surface area contributed by atoms with Crippen LogP contribution >= 0.6 is 11.6 Å². The zero-order valence-electron chi connectivity index (χ0n) is 19.1. The largest absolute Gasteiger partial charge is 0.353 e. The maximum absolute atomic E-state index is 13.4. The van der Waals surface area contributed by atoms with Gasteiger partial charge in [0.05, 0.1) is 12.2 Å². The molecule has 1 N–H and O–H groups in total. The van der Waals surface area contributed by atoms with Crippen molar-refractivity contribution in [2.45, 2.75) is 70.0 Å². The molecule has 2 heterocycles. The monoisotopic (exact) mass is 467 g/mol. The number of amides is 2. The number of Topliss-reactive ketones (excluding diaryl/α,β-unsaturated/α-hetero) is 1. The van der Waals surface area contributed by atoms with E-state index >= 15 is 0 Å². The molecule has 7 nitrogen and oxygen atoms in total. The first-order chi connectivity index (χ1) is 15.9. The minimum absolute atomic E-state index is 0.0198. The van der Waals surface area contributed by atoms with Crippen LogP contribution in [-0.2, 0) is 0 Å². The molecule has 2 aliphatic carbocycles. The number of rotatable bonds is 6. The first-order valence-electron chi connectivity index (χ1n) is 11.8. The van der Waals surface area contributed by atoms with Gasteiger partial charge in [-0.05, 0) is 69.2 Å². The van der Waals surface area contributed by atoms with Crippen molar-refractivity contribution in [2.75, 3.05) is 18.0 Å². The van der Waals surface area contributed by atoms with E-state index in [0.29, 0.717) is 29.9 Å². The summed E-state index contributed by atoms with van der Waals surface area (Å²) in [4.78, 5) is 29.4. The smallest absolute Gasteiger partial charge is 0.318 e. The molecule has 5 rings (SSSR count). The summed E-state index contributed by atoms with van der Waals surface area (Å²) in [5.41, 5.74) is 2.88. The topological polar surface area (TPSA) is 78.4 Å². The van der Waals surface area contributed by atoms with Crippen LogP contribution < -0.4 is 10.2 Å². The molecule has 33 heavy (non-hydrogen) atoms. The molecule has 3 aliphatic rings. The third kappa shape index (κ3) is 4.83. The highest BCUT2D eigenvalue weighted by atomic mass is 35.5. The van der Waals surface area contributed by atoms with Gasteiger partial charge >= 0.3 is 6.03 Å². The molecule has 0 bridgehead atoms. The Kier molecular flexibility index (Phi) is 5.99. The Bertz CT molecular complexity index is 1070. The lowest BCUT2D eigenvalue weighted by Crippen LogP contribution is -2.54. The summed E-state index contributed by atoms with van der Waals surface area (Å²) in [6.07, 6.45) is 6.55. The summed E-state index contributed by atoms with van der Waals surface area (Å²) in [5, 5.41) is 12.3. The molecule has 174 valence electrons. The van der Waals surface area contributed by atoms with Crippen LogP contribution in [-0.4, -0.2) is 58.1 Å². The Morgan fingerprint density at radius 3 is 2.73 bits per heavy atom. The first kappa shape index (κ1) is 22.1. The van der Waals surface area contributed by atoms with E-state index in [1.54, 1.807) is 0 Å². The maximum atomic E-state index is 13.4. The highest BCUT2D eigenvalue weighted by Crippen LogP contribution is 2.42. The van der Waals surface area contributed by atoms with E-state index in [1.165, 1.54) is 18.7 Å². The molecule has 1 aliphatic heterocycles. The molecule has 3 fully saturated rings. The number of carbonyl (C=O) groups is 2. The van der Waals surface area contributed by atoms with Crippen molar-refractivity contribution in [3.05, 3.63) is 52.2 Å². The van der Waals surface area contributed by atoms with Crippen LogP contribution in [0.25, 0.3) is 0 Å². The van der Waals surface area contributed by atoms with Gasteiger partial charge in [-0.1, -0.05) is 23.7 Å².